The number of nitriles is 1. The van der Waals surface area contributed by atoms with Gasteiger partial charge in [-0.2, -0.15) is 5.26 Å². The van der Waals surface area contributed by atoms with Crippen LogP contribution in [0.15, 0.2) is 40.6 Å². The summed E-state index contributed by atoms with van der Waals surface area (Å²) >= 11 is 1.18. The lowest BCUT2D eigenvalue weighted by Gasteiger charge is -2.07. The minimum absolute atomic E-state index is 0.180. The zero-order valence-corrected chi connectivity index (χ0v) is 14.0. The first-order valence-electron chi connectivity index (χ1n) is 6.83. The summed E-state index contributed by atoms with van der Waals surface area (Å²) in [5.41, 5.74) is 0.665. The molecule has 0 aliphatic heterocycles. The predicted molar refractivity (Wildman–Crippen MR) is 88.7 cm³/mol. The van der Waals surface area contributed by atoms with Crippen molar-refractivity contribution in [1.82, 2.24) is 4.72 Å². The predicted octanol–water partition coefficient (Wildman–Crippen LogP) is 2.10. The van der Waals surface area contributed by atoms with Gasteiger partial charge in [0.05, 0.1) is 17.8 Å². The minimum Gasteiger partial charge on any atom is -0.324 e. The Morgan fingerprint density at radius 2 is 2.00 bits per heavy atom. The Kier molecular flexibility index (Phi) is 5.50. The summed E-state index contributed by atoms with van der Waals surface area (Å²) in [7, 11) is -3.71. The smallest absolute Gasteiger partial charge is 0.250 e. The molecule has 0 saturated heterocycles. The third-order valence-electron chi connectivity index (χ3n) is 2.99. The highest BCUT2D eigenvalue weighted by atomic mass is 32.2. The highest BCUT2D eigenvalue weighted by Gasteiger charge is 2.18. The molecule has 120 valence electrons. The number of amides is 1. The van der Waals surface area contributed by atoms with Gasteiger partial charge in [-0.3, -0.25) is 4.79 Å². The fourth-order valence-electron chi connectivity index (χ4n) is 1.81. The average Bonchev–Trinajstić information content (AvgIpc) is 3.03. The average molecular weight is 349 g/mol. The standard InChI is InChI=1S/C15H15N3O3S2/c1-2-12-7-8-15(22-12)23(20,21)17-10-14(19)18-13-6-4-3-5-11(13)9-16/h3-8,17H,2,10H2,1H3,(H,18,19). The number of carbonyl (C=O) groups is 1. The molecule has 6 nitrogen and oxygen atoms in total. The van der Waals surface area contributed by atoms with Gasteiger partial charge in [0.2, 0.25) is 5.91 Å². The molecule has 0 spiro atoms. The number of anilines is 1. The second-order valence-corrected chi connectivity index (χ2v) is 7.77. The van der Waals surface area contributed by atoms with E-state index >= 15 is 0 Å². The fourth-order valence-corrected chi connectivity index (χ4v) is 4.13. The summed E-state index contributed by atoms with van der Waals surface area (Å²) in [6.07, 6.45) is 0.756. The summed E-state index contributed by atoms with van der Waals surface area (Å²) in [6, 6.07) is 11.7. The van der Waals surface area contributed by atoms with Crippen LogP contribution in [0.3, 0.4) is 0 Å². The van der Waals surface area contributed by atoms with Crippen LogP contribution in [0, 0.1) is 11.3 Å². The van der Waals surface area contributed by atoms with Crippen molar-refractivity contribution in [1.29, 1.82) is 5.26 Å². The molecule has 0 atom stereocenters. The molecule has 0 saturated carbocycles. The van der Waals surface area contributed by atoms with Gasteiger partial charge in [0.15, 0.2) is 0 Å². The van der Waals surface area contributed by atoms with Crippen molar-refractivity contribution in [2.45, 2.75) is 17.6 Å². The number of nitrogens with one attached hydrogen (secondary N) is 2. The maximum Gasteiger partial charge on any atom is 0.250 e. The van der Waals surface area contributed by atoms with Crippen LogP contribution in [0.4, 0.5) is 5.69 Å². The number of para-hydroxylation sites is 1. The quantitative estimate of drug-likeness (QED) is 0.834. The number of hydrogen-bond donors (Lipinski definition) is 2. The lowest BCUT2D eigenvalue weighted by Crippen LogP contribution is -2.32. The molecule has 1 aromatic carbocycles. The van der Waals surface area contributed by atoms with Gasteiger partial charge >= 0.3 is 0 Å². The molecule has 23 heavy (non-hydrogen) atoms. The van der Waals surface area contributed by atoms with Crippen LogP contribution in [0.25, 0.3) is 0 Å². The summed E-state index contributed by atoms with van der Waals surface area (Å²) in [4.78, 5) is 12.8. The maximum atomic E-state index is 12.1. The first-order chi connectivity index (χ1) is 11.0. The van der Waals surface area contributed by atoms with E-state index in [1.54, 1.807) is 30.3 Å². The summed E-state index contributed by atoms with van der Waals surface area (Å²) in [5.74, 6) is -0.538. The molecular formula is C15H15N3O3S2. The van der Waals surface area contributed by atoms with Crippen molar-refractivity contribution in [2.24, 2.45) is 0 Å². The van der Waals surface area contributed by atoms with E-state index in [1.165, 1.54) is 17.4 Å². The van der Waals surface area contributed by atoms with Gasteiger partial charge in [0, 0.05) is 4.88 Å². The lowest BCUT2D eigenvalue weighted by atomic mass is 10.2. The summed E-state index contributed by atoms with van der Waals surface area (Å²) in [6.45, 7) is 1.54. The fraction of sp³-hybridized carbons (Fsp3) is 0.200. The number of carbonyl (C=O) groups excluding carboxylic acids is 1. The van der Waals surface area contributed by atoms with Crippen LogP contribution in [0.5, 0.6) is 0 Å². The topological polar surface area (TPSA) is 99.1 Å². The van der Waals surface area contributed by atoms with E-state index in [2.05, 4.69) is 10.0 Å². The third-order valence-corrected chi connectivity index (χ3v) is 6.12. The zero-order valence-electron chi connectivity index (χ0n) is 12.4. The van der Waals surface area contributed by atoms with Crippen LogP contribution in [0.1, 0.15) is 17.4 Å². The van der Waals surface area contributed by atoms with Crippen molar-refractivity contribution >= 4 is 33.0 Å². The van der Waals surface area contributed by atoms with Crippen molar-refractivity contribution in [3.8, 4) is 6.07 Å². The molecule has 0 aliphatic carbocycles. The largest absolute Gasteiger partial charge is 0.324 e. The van der Waals surface area contributed by atoms with Crippen LogP contribution in [0.2, 0.25) is 0 Å². The summed E-state index contributed by atoms with van der Waals surface area (Å²) < 4.78 is 26.7. The Labute approximate surface area is 138 Å². The third kappa shape index (κ3) is 4.39. The van der Waals surface area contributed by atoms with E-state index < -0.39 is 22.5 Å². The Morgan fingerprint density at radius 1 is 1.26 bits per heavy atom. The van der Waals surface area contributed by atoms with Gasteiger partial charge < -0.3 is 5.32 Å². The molecular weight excluding hydrogens is 334 g/mol. The van der Waals surface area contributed by atoms with Crippen molar-refractivity contribution < 1.29 is 13.2 Å². The van der Waals surface area contributed by atoms with Gasteiger partial charge in [-0.1, -0.05) is 19.1 Å². The van der Waals surface area contributed by atoms with E-state index in [0.29, 0.717) is 11.3 Å². The number of aryl methyl sites for hydroxylation is 1. The van der Waals surface area contributed by atoms with Crippen LogP contribution >= 0.6 is 11.3 Å². The number of nitrogens with zero attached hydrogens (tertiary/aromatic N) is 1. The monoisotopic (exact) mass is 349 g/mol. The molecule has 1 amide bonds. The highest BCUT2D eigenvalue weighted by Crippen LogP contribution is 2.21. The van der Waals surface area contributed by atoms with Crippen LogP contribution < -0.4 is 10.0 Å². The molecule has 0 radical (unpaired) electrons. The number of thiophene rings is 1. The first kappa shape index (κ1) is 17.1. The first-order valence-corrected chi connectivity index (χ1v) is 9.13. The molecule has 0 bridgehead atoms. The molecule has 1 heterocycles. The van der Waals surface area contributed by atoms with Crippen LogP contribution in [-0.4, -0.2) is 20.9 Å². The number of benzene rings is 1. The second-order valence-electron chi connectivity index (χ2n) is 4.60. The Morgan fingerprint density at radius 3 is 2.65 bits per heavy atom. The normalized spacial score (nSPS) is 11.0. The van der Waals surface area contributed by atoms with Crippen molar-refractivity contribution in [2.75, 3.05) is 11.9 Å². The van der Waals surface area contributed by atoms with E-state index in [4.69, 9.17) is 5.26 Å². The van der Waals surface area contributed by atoms with Gasteiger partial charge in [0.1, 0.15) is 10.3 Å². The Bertz CT molecular complexity index is 851. The van der Waals surface area contributed by atoms with E-state index in [-0.39, 0.29) is 4.21 Å². The van der Waals surface area contributed by atoms with Gasteiger partial charge in [-0.15, -0.1) is 11.3 Å². The highest BCUT2D eigenvalue weighted by molar-refractivity contribution is 7.91. The molecule has 2 N–H and O–H groups in total. The van der Waals surface area contributed by atoms with Gasteiger partial charge in [0.25, 0.3) is 10.0 Å². The molecule has 1 aromatic heterocycles. The maximum absolute atomic E-state index is 12.1. The number of rotatable bonds is 6. The van der Waals surface area contributed by atoms with E-state index in [0.717, 1.165) is 11.3 Å². The summed E-state index contributed by atoms with van der Waals surface area (Å²) in [5, 5.41) is 11.5. The van der Waals surface area contributed by atoms with Gasteiger partial charge in [-0.05, 0) is 30.7 Å². The van der Waals surface area contributed by atoms with Gasteiger partial charge in [-0.25, -0.2) is 13.1 Å². The van der Waals surface area contributed by atoms with E-state index in [9.17, 15) is 13.2 Å². The van der Waals surface area contributed by atoms with Crippen molar-refractivity contribution in [3.63, 3.8) is 0 Å². The molecule has 8 heteroatoms. The second kappa shape index (κ2) is 7.37. The number of hydrogen-bond acceptors (Lipinski definition) is 5. The van der Waals surface area contributed by atoms with E-state index in [1.807, 2.05) is 13.0 Å². The minimum atomic E-state index is -3.71. The molecule has 0 unspecified atom stereocenters. The molecule has 0 fully saturated rings. The SMILES string of the molecule is CCc1ccc(S(=O)(=O)NCC(=O)Nc2ccccc2C#N)s1. The van der Waals surface area contributed by atoms with Crippen LogP contribution in [-0.2, 0) is 21.2 Å². The molecule has 0 aliphatic rings. The molecule has 2 aromatic rings. The Balaban J connectivity index is 2.00. The van der Waals surface area contributed by atoms with Crippen molar-refractivity contribution in [3.05, 3.63) is 46.8 Å². The number of sulfonamides is 1. The lowest BCUT2D eigenvalue weighted by molar-refractivity contribution is -0.115. The Hall–Kier alpha value is -2.21. The zero-order chi connectivity index (χ0) is 16.9. The molecule has 2 rings (SSSR count).